The molecule has 1 atom stereocenters. The highest BCUT2D eigenvalue weighted by molar-refractivity contribution is 4.84. The van der Waals surface area contributed by atoms with Crippen molar-refractivity contribution in [3.63, 3.8) is 0 Å². The fraction of sp³-hybridized carbons (Fsp3) is 1.00. The first-order valence-corrected chi connectivity index (χ1v) is 5.50. The third kappa shape index (κ3) is 2.25. The van der Waals surface area contributed by atoms with E-state index in [9.17, 15) is 0 Å². The molecule has 0 spiro atoms. The number of piperazine rings is 1. The molecule has 1 unspecified atom stereocenters. The van der Waals surface area contributed by atoms with Gasteiger partial charge in [-0.25, -0.2) is 0 Å². The Morgan fingerprint density at radius 1 is 1.36 bits per heavy atom. The second-order valence-electron chi connectivity index (χ2n) is 4.55. The normalized spacial score (nSPS) is 31.7. The summed E-state index contributed by atoms with van der Waals surface area (Å²) in [6.45, 7) is 7.30. The Hall–Kier alpha value is -0.160. The van der Waals surface area contributed by atoms with E-state index in [1.807, 2.05) is 0 Å². The number of ether oxygens (including phenoxy) is 1. The van der Waals surface area contributed by atoms with Gasteiger partial charge in [-0.2, -0.15) is 0 Å². The molecule has 2 N–H and O–H groups in total. The molecule has 0 bridgehead atoms. The average Bonchev–Trinajstić information content (AvgIpc) is 2.13. The molecule has 14 heavy (non-hydrogen) atoms. The molecule has 82 valence electrons. The van der Waals surface area contributed by atoms with Gasteiger partial charge in [-0.05, 0) is 7.05 Å². The summed E-state index contributed by atoms with van der Waals surface area (Å²) >= 11 is 0. The minimum absolute atomic E-state index is 0.550. The van der Waals surface area contributed by atoms with Gasteiger partial charge in [0.1, 0.15) is 0 Å². The molecule has 2 aliphatic heterocycles. The molecule has 2 fully saturated rings. The smallest absolute Gasteiger partial charge is 0.0528 e. The fourth-order valence-corrected chi connectivity index (χ4v) is 2.23. The largest absolute Gasteiger partial charge is 0.381 e. The van der Waals surface area contributed by atoms with Crippen molar-refractivity contribution in [2.75, 3.05) is 53.0 Å². The van der Waals surface area contributed by atoms with Gasteiger partial charge in [-0.15, -0.1) is 0 Å². The third-order valence-corrected chi connectivity index (χ3v) is 3.28. The van der Waals surface area contributed by atoms with E-state index in [-0.39, 0.29) is 0 Å². The van der Waals surface area contributed by atoms with Gasteiger partial charge in [0.2, 0.25) is 0 Å². The lowest BCUT2D eigenvalue weighted by Crippen LogP contribution is -2.57. The zero-order chi connectivity index (χ0) is 9.97. The van der Waals surface area contributed by atoms with Crippen LogP contribution in [0.15, 0.2) is 0 Å². The van der Waals surface area contributed by atoms with E-state index in [4.69, 9.17) is 10.5 Å². The van der Waals surface area contributed by atoms with Crippen molar-refractivity contribution < 1.29 is 4.74 Å². The van der Waals surface area contributed by atoms with Gasteiger partial charge >= 0.3 is 0 Å². The molecular weight excluding hydrogens is 178 g/mol. The molecule has 2 rings (SSSR count). The number of rotatable bonds is 3. The van der Waals surface area contributed by atoms with Crippen LogP contribution in [0.2, 0.25) is 0 Å². The number of nitrogens with two attached hydrogens (primary N) is 1. The maximum absolute atomic E-state index is 5.79. The van der Waals surface area contributed by atoms with Crippen molar-refractivity contribution in [2.24, 2.45) is 11.7 Å². The highest BCUT2D eigenvalue weighted by atomic mass is 16.5. The summed E-state index contributed by atoms with van der Waals surface area (Å²) in [5, 5.41) is 0. The SMILES string of the molecule is CN1CCN(CC2COC2)C(CN)C1. The van der Waals surface area contributed by atoms with Gasteiger partial charge in [0.15, 0.2) is 0 Å². The predicted octanol–water partition coefficient (Wildman–Crippen LogP) is -0.792. The molecule has 2 aliphatic rings. The van der Waals surface area contributed by atoms with Crippen molar-refractivity contribution in [1.29, 1.82) is 0 Å². The monoisotopic (exact) mass is 199 g/mol. The van der Waals surface area contributed by atoms with Gasteiger partial charge in [-0.1, -0.05) is 0 Å². The van der Waals surface area contributed by atoms with E-state index in [1.165, 1.54) is 13.1 Å². The Kier molecular flexibility index (Phi) is 3.38. The summed E-state index contributed by atoms with van der Waals surface area (Å²) in [5.74, 6) is 0.757. The standard InChI is InChI=1S/C10H21N3O/c1-12-2-3-13(10(4-11)6-12)5-9-7-14-8-9/h9-10H,2-8,11H2,1H3. The number of likely N-dealkylation sites (N-methyl/N-ethyl adjacent to an activating group) is 1. The molecule has 4 heteroatoms. The van der Waals surface area contributed by atoms with Crippen LogP contribution in [0.3, 0.4) is 0 Å². The second-order valence-corrected chi connectivity index (χ2v) is 4.55. The van der Waals surface area contributed by atoms with E-state index in [2.05, 4.69) is 16.8 Å². The molecule has 4 nitrogen and oxygen atoms in total. The van der Waals surface area contributed by atoms with Crippen molar-refractivity contribution >= 4 is 0 Å². The van der Waals surface area contributed by atoms with Crippen LogP contribution in [0.4, 0.5) is 0 Å². The van der Waals surface area contributed by atoms with Gasteiger partial charge in [0.05, 0.1) is 13.2 Å². The molecule has 0 saturated carbocycles. The average molecular weight is 199 g/mol. The molecule has 0 aliphatic carbocycles. The van der Waals surface area contributed by atoms with Crippen LogP contribution in [0.25, 0.3) is 0 Å². The van der Waals surface area contributed by atoms with E-state index >= 15 is 0 Å². The number of hydrogen-bond donors (Lipinski definition) is 1. The van der Waals surface area contributed by atoms with Gasteiger partial charge in [0.25, 0.3) is 0 Å². The maximum Gasteiger partial charge on any atom is 0.0528 e. The first-order valence-electron chi connectivity index (χ1n) is 5.50. The second kappa shape index (κ2) is 4.57. The van der Waals surface area contributed by atoms with E-state index in [0.717, 1.165) is 38.8 Å². The van der Waals surface area contributed by atoms with Gasteiger partial charge in [-0.3, -0.25) is 4.90 Å². The van der Waals surface area contributed by atoms with Crippen LogP contribution in [-0.4, -0.2) is 68.8 Å². The zero-order valence-corrected chi connectivity index (χ0v) is 8.98. The van der Waals surface area contributed by atoms with Crippen LogP contribution in [0.5, 0.6) is 0 Å². The fourth-order valence-electron chi connectivity index (χ4n) is 2.23. The summed E-state index contributed by atoms with van der Waals surface area (Å²) in [7, 11) is 2.17. The van der Waals surface area contributed by atoms with Crippen molar-refractivity contribution in [1.82, 2.24) is 9.80 Å². The van der Waals surface area contributed by atoms with E-state index in [1.54, 1.807) is 0 Å². The molecule has 0 aromatic rings. The van der Waals surface area contributed by atoms with Crippen molar-refractivity contribution in [3.05, 3.63) is 0 Å². The van der Waals surface area contributed by atoms with Gasteiger partial charge in [0, 0.05) is 44.7 Å². The highest BCUT2D eigenvalue weighted by Crippen LogP contribution is 2.15. The molecule has 0 amide bonds. The van der Waals surface area contributed by atoms with E-state index < -0.39 is 0 Å². The summed E-state index contributed by atoms with van der Waals surface area (Å²) in [4.78, 5) is 4.90. The van der Waals surface area contributed by atoms with Crippen LogP contribution in [-0.2, 0) is 4.74 Å². The Morgan fingerprint density at radius 2 is 2.14 bits per heavy atom. The first-order chi connectivity index (χ1) is 6.79. The lowest BCUT2D eigenvalue weighted by molar-refractivity contribution is -0.0578. The summed E-state index contributed by atoms with van der Waals surface area (Å²) in [6, 6.07) is 0.550. The zero-order valence-electron chi connectivity index (χ0n) is 8.98. The number of hydrogen-bond acceptors (Lipinski definition) is 4. The summed E-state index contributed by atoms with van der Waals surface area (Å²) in [5.41, 5.74) is 5.79. The maximum atomic E-state index is 5.79. The first kappa shape index (κ1) is 10.4. The Bertz CT molecular complexity index is 184. The molecule has 2 saturated heterocycles. The van der Waals surface area contributed by atoms with Crippen molar-refractivity contribution in [2.45, 2.75) is 6.04 Å². The van der Waals surface area contributed by atoms with Crippen molar-refractivity contribution in [3.8, 4) is 0 Å². The van der Waals surface area contributed by atoms with Crippen LogP contribution in [0.1, 0.15) is 0 Å². The van der Waals surface area contributed by atoms with Gasteiger partial charge < -0.3 is 15.4 Å². The molecule has 0 radical (unpaired) electrons. The molecule has 0 aromatic heterocycles. The quantitative estimate of drug-likeness (QED) is 0.646. The highest BCUT2D eigenvalue weighted by Gasteiger charge is 2.28. The predicted molar refractivity (Wildman–Crippen MR) is 56.2 cm³/mol. The Morgan fingerprint density at radius 3 is 2.71 bits per heavy atom. The topological polar surface area (TPSA) is 41.7 Å². The summed E-state index contributed by atoms with van der Waals surface area (Å²) < 4.78 is 5.20. The van der Waals surface area contributed by atoms with Crippen LogP contribution in [0, 0.1) is 5.92 Å². The third-order valence-electron chi connectivity index (χ3n) is 3.28. The molecular formula is C10H21N3O. The van der Waals surface area contributed by atoms with E-state index in [0.29, 0.717) is 6.04 Å². The molecule has 2 heterocycles. The Balaban J connectivity index is 1.82. The van der Waals surface area contributed by atoms with Crippen LogP contribution >= 0.6 is 0 Å². The van der Waals surface area contributed by atoms with Crippen LogP contribution < -0.4 is 5.73 Å². The lowest BCUT2D eigenvalue weighted by atomic mass is 10.0. The minimum atomic E-state index is 0.550. The minimum Gasteiger partial charge on any atom is -0.381 e. The lowest BCUT2D eigenvalue weighted by Gasteiger charge is -2.42. The Labute approximate surface area is 86.0 Å². The number of nitrogens with zero attached hydrogens (tertiary/aromatic N) is 2. The summed E-state index contributed by atoms with van der Waals surface area (Å²) in [6.07, 6.45) is 0. The molecule has 0 aromatic carbocycles.